The quantitative estimate of drug-likeness (QED) is 0.495. The number of rotatable bonds is 7. The van der Waals surface area contributed by atoms with Crippen molar-refractivity contribution in [3.8, 4) is 17.2 Å². The minimum Gasteiger partial charge on any atom is -0.444 e. The summed E-state index contributed by atoms with van der Waals surface area (Å²) in [5.74, 6) is -1.14. The van der Waals surface area contributed by atoms with Gasteiger partial charge in [0.1, 0.15) is 17.5 Å². The van der Waals surface area contributed by atoms with Crippen molar-refractivity contribution in [3.05, 3.63) is 53.8 Å². The van der Waals surface area contributed by atoms with E-state index in [-0.39, 0.29) is 30.0 Å². The number of hydrogen-bond acceptors (Lipinski definition) is 8. The first-order valence-corrected chi connectivity index (χ1v) is 16.1. The Morgan fingerprint density at radius 1 is 1.09 bits per heavy atom. The highest BCUT2D eigenvalue weighted by atomic mass is 32.2. The highest BCUT2D eigenvalue weighted by Gasteiger charge is 2.32. The van der Waals surface area contributed by atoms with Crippen molar-refractivity contribution in [3.63, 3.8) is 0 Å². The number of carbonyl (C=O) groups excluding carboxylic acids is 2. The molecule has 2 aliphatic rings. The van der Waals surface area contributed by atoms with Gasteiger partial charge in [0, 0.05) is 45.8 Å². The molecule has 4 rings (SSSR count). The van der Waals surface area contributed by atoms with E-state index in [0.717, 1.165) is 0 Å². The van der Waals surface area contributed by atoms with E-state index in [9.17, 15) is 23.3 Å². The Kier molecular flexibility index (Phi) is 10.6. The van der Waals surface area contributed by atoms with Crippen LogP contribution in [0.2, 0.25) is 0 Å². The lowest BCUT2D eigenvalue weighted by atomic mass is 10.00. The fraction of sp³-hybridized carbons (Fsp3) is 0.516. The number of nitriles is 1. The van der Waals surface area contributed by atoms with Crippen LogP contribution >= 0.6 is 0 Å². The highest BCUT2D eigenvalue weighted by Crippen LogP contribution is 2.26. The molecule has 0 spiro atoms. The molecule has 0 aliphatic carbocycles. The van der Waals surface area contributed by atoms with E-state index < -0.39 is 45.6 Å². The normalized spacial score (nSPS) is 19.5. The lowest BCUT2D eigenvalue weighted by Gasteiger charge is -2.31. The fourth-order valence-corrected chi connectivity index (χ4v) is 6.40. The zero-order chi connectivity index (χ0) is 32.1. The lowest BCUT2D eigenvalue weighted by molar-refractivity contribution is -0.133. The molecule has 2 heterocycles. The largest absolute Gasteiger partial charge is 0.444 e. The molecule has 1 N–H and O–H groups in total. The molecular weight excluding hydrogens is 589 g/mol. The molecule has 0 bridgehead atoms. The van der Waals surface area contributed by atoms with Crippen molar-refractivity contribution in [1.29, 1.82) is 5.26 Å². The van der Waals surface area contributed by atoms with Crippen LogP contribution in [0, 0.1) is 17.1 Å². The summed E-state index contributed by atoms with van der Waals surface area (Å²) in [5, 5.41) is 12.3. The molecule has 2 fully saturated rings. The number of nitrogens with zero attached hydrogens (tertiary/aromatic N) is 4. The van der Waals surface area contributed by atoms with Crippen molar-refractivity contribution < 1.29 is 31.9 Å². The second-order valence-electron chi connectivity index (χ2n) is 12.1. The van der Waals surface area contributed by atoms with Gasteiger partial charge in [-0.15, -0.1) is 0 Å². The molecule has 2 aliphatic heterocycles. The highest BCUT2D eigenvalue weighted by molar-refractivity contribution is 7.89. The maximum Gasteiger partial charge on any atom is 0.410 e. The summed E-state index contributed by atoms with van der Waals surface area (Å²) in [4.78, 5) is 29.2. The zero-order valence-corrected chi connectivity index (χ0v) is 26.4. The van der Waals surface area contributed by atoms with E-state index in [1.807, 2.05) is 13.1 Å². The predicted octanol–water partition coefficient (Wildman–Crippen LogP) is 3.01. The first-order valence-electron chi connectivity index (χ1n) is 14.6. The topological polar surface area (TPSA) is 132 Å². The van der Waals surface area contributed by atoms with Gasteiger partial charge < -0.3 is 24.6 Å². The summed E-state index contributed by atoms with van der Waals surface area (Å²) in [5.41, 5.74) is 0.716. The molecule has 2 saturated heterocycles. The van der Waals surface area contributed by atoms with E-state index in [2.05, 4.69) is 10.2 Å². The average Bonchev–Trinajstić information content (AvgIpc) is 3.24. The smallest absolute Gasteiger partial charge is 0.410 e. The van der Waals surface area contributed by atoms with Gasteiger partial charge in [-0.2, -0.15) is 9.57 Å². The molecule has 238 valence electrons. The van der Waals surface area contributed by atoms with Crippen LogP contribution in [0.4, 0.5) is 9.18 Å². The first kappa shape index (κ1) is 33.3. The standard InChI is InChI=1S/C31H40FN5O6S/c1-31(2,3)43-30(39)36-12-5-17-42-28(21-36)29(38)34-25(20-33)18-24-7-6-23(19-27(24)32)22-8-10-26(11-9-22)44(40,41)37-15-13-35(4)14-16-37/h6-11,19,25,28H,5,12-18,21H2,1-4H3,(H,34,38)/t25-,28-/m0/s1. The maximum atomic E-state index is 15.2. The molecule has 0 saturated carbocycles. The molecule has 2 atom stereocenters. The molecule has 0 unspecified atom stereocenters. The van der Waals surface area contributed by atoms with Crippen LogP contribution < -0.4 is 5.32 Å². The summed E-state index contributed by atoms with van der Waals surface area (Å²) in [6.45, 7) is 8.05. The van der Waals surface area contributed by atoms with Crippen LogP contribution in [0.5, 0.6) is 0 Å². The lowest BCUT2D eigenvalue weighted by Crippen LogP contribution is -2.48. The van der Waals surface area contributed by atoms with Crippen molar-refractivity contribution in [2.75, 3.05) is 52.9 Å². The van der Waals surface area contributed by atoms with Gasteiger partial charge >= 0.3 is 6.09 Å². The third-order valence-corrected chi connectivity index (χ3v) is 9.37. The molecule has 44 heavy (non-hydrogen) atoms. The van der Waals surface area contributed by atoms with Crippen LogP contribution in [0.1, 0.15) is 32.8 Å². The number of hydrogen-bond donors (Lipinski definition) is 1. The van der Waals surface area contributed by atoms with Gasteiger partial charge in [0.2, 0.25) is 10.0 Å². The van der Waals surface area contributed by atoms with Crippen LogP contribution in [0.25, 0.3) is 11.1 Å². The van der Waals surface area contributed by atoms with E-state index in [0.29, 0.717) is 50.3 Å². The monoisotopic (exact) mass is 629 g/mol. The Hall–Kier alpha value is -3.57. The van der Waals surface area contributed by atoms with Gasteiger partial charge in [-0.25, -0.2) is 17.6 Å². The first-order chi connectivity index (χ1) is 20.8. The van der Waals surface area contributed by atoms with Gasteiger partial charge in [-0.1, -0.05) is 24.3 Å². The Labute approximate surface area is 258 Å². The number of halogens is 1. The van der Waals surface area contributed by atoms with Crippen molar-refractivity contribution in [2.24, 2.45) is 0 Å². The van der Waals surface area contributed by atoms with Gasteiger partial charge in [-0.05, 0) is 69.1 Å². The van der Waals surface area contributed by atoms with Crippen LogP contribution in [-0.4, -0.2) is 105 Å². The van der Waals surface area contributed by atoms with Crippen molar-refractivity contribution >= 4 is 22.0 Å². The van der Waals surface area contributed by atoms with Gasteiger partial charge in [0.25, 0.3) is 5.91 Å². The van der Waals surface area contributed by atoms with Gasteiger partial charge in [0.05, 0.1) is 17.5 Å². The summed E-state index contributed by atoms with van der Waals surface area (Å²) in [7, 11) is -1.66. The number of sulfonamides is 1. The molecule has 2 aromatic carbocycles. The van der Waals surface area contributed by atoms with Crippen molar-refractivity contribution in [2.45, 2.75) is 56.3 Å². The molecule has 0 radical (unpaired) electrons. The Bertz CT molecular complexity index is 1480. The second-order valence-corrected chi connectivity index (χ2v) is 14.0. The van der Waals surface area contributed by atoms with Crippen molar-refractivity contribution in [1.82, 2.24) is 19.4 Å². The fourth-order valence-electron chi connectivity index (χ4n) is 4.98. The Morgan fingerprint density at radius 3 is 2.36 bits per heavy atom. The van der Waals surface area contributed by atoms with Gasteiger partial charge in [0.15, 0.2) is 6.10 Å². The molecule has 13 heteroatoms. The molecule has 2 amide bonds. The van der Waals surface area contributed by atoms with E-state index in [1.54, 1.807) is 45.0 Å². The van der Waals surface area contributed by atoms with E-state index >= 15 is 4.39 Å². The van der Waals surface area contributed by atoms with E-state index in [4.69, 9.17) is 9.47 Å². The number of benzene rings is 2. The number of amides is 2. The summed E-state index contributed by atoms with van der Waals surface area (Å²) in [6.07, 6.45) is -1.11. The SMILES string of the molecule is CN1CCN(S(=O)(=O)c2ccc(-c3ccc(C[C@@H](C#N)NC(=O)[C@@H]4CN(C(=O)OC(C)(C)C)CCCO4)c(F)c3)cc2)CC1. The molecular formula is C31H40FN5O6S. The second kappa shape index (κ2) is 14.0. The predicted molar refractivity (Wildman–Crippen MR) is 162 cm³/mol. The minimum absolute atomic E-state index is 0.0303. The van der Waals surface area contributed by atoms with Crippen LogP contribution in [0.15, 0.2) is 47.4 Å². The number of carbonyl (C=O) groups is 2. The van der Waals surface area contributed by atoms with E-state index in [1.165, 1.54) is 27.4 Å². The maximum absolute atomic E-state index is 15.2. The summed E-state index contributed by atoms with van der Waals surface area (Å²) < 4.78 is 53.8. The number of ether oxygens (including phenoxy) is 2. The zero-order valence-electron chi connectivity index (χ0n) is 25.6. The number of likely N-dealkylation sites (N-methyl/N-ethyl adjacent to an activating group) is 1. The third kappa shape index (κ3) is 8.53. The molecule has 2 aromatic rings. The van der Waals surface area contributed by atoms with Crippen LogP contribution in [0.3, 0.4) is 0 Å². The van der Waals surface area contributed by atoms with Crippen LogP contribution in [-0.2, 0) is 30.7 Å². The molecule has 0 aromatic heterocycles. The number of nitrogens with one attached hydrogen (secondary N) is 1. The van der Waals surface area contributed by atoms with Gasteiger partial charge in [-0.3, -0.25) is 4.79 Å². The Balaban J connectivity index is 1.38. The third-order valence-electron chi connectivity index (χ3n) is 7.46. The average molecular weight is 630 g/mol. The summed E-state index contributed by atoms with van der Waals surface area (Å²) in [6, 6.07) is 11.8. The summed E-state index contributed by atoms with van der Waals surface area (Å²) >= 11 is 0. The Morgan fingerprint density at radius 2 is 1.75 bits per heavy atom. The minimum atomic E-state index is -3.62. The molecule has 11 nitrogen and oxygen atoms in total. The number of piperazine rings is 1.